The molecule has 0 bridgehead atoms. The summed E-state index contributed by atoms with van der Waals surface area (Å²) in [6.45, 7) is 1.63. The monoisotopic (exact) mass is 290 g/mol. The lowest BCUT2D eigenvalue weighted by Gasteiger charge is -2.26. The molecule has 0 radical (unpaired) electrons. The Morgan fingerprint density at radius 3 is 2.37 bits per heavy atom. The summed E-state index contributed by atoms with van der Waals surface area (Å²) in [5.74, 6) is -0.292. The average molecular weight is 291 g/mol. The maximum absolute atomic E-state index is 11.8. The second-order valence-corrected chi connectivity index (χ2v) is 5.45. The van der Waals surface area contributed by atoms with E-state index in [0.717, 1.165) is 45.1 Å². The van der Waals surface area contributed by atoms with Crippen LogP contribution >= 0.6 is 12.4 Å². The van der Waals surface area contributed by atoms with Gasteiger partial charge in [0, 0.05) is 6.54 Å². The predicted octanol–water partition coefficient (Wildman–Crippen LogP) is 1.17. The standard InChI is InChI=1S/C13H22N2O3.ClH/c16-12(11-2-1-7-14-11)15-8-9-3-5-10(6-4-9)13(17)18;/h9-11,14H,1-8H2,(H,15,16)(H,17,18);1H/t9?,10?,11-;/m0./s1. The maximum Gasteiger partial charge on any atom is 0.306 e. The van der Waals surface area contributed by atoms with E-state index in [4.69, 9.17) is 5.11 Å². The van der Waals surface area contributed by atoms with Crippen LogP contribution in [0.15, 0.2) is 0 Å². The third kappa shape index (κ3) is 4.66. The fourth-order valence-electron chi connectivity index (χ4n) is 2.89. The lowest BCUT2D eigenvalue weighted by molar-refractivity contribution is -0.143. The van der Waals surface area contributed by atoms with Crippen LogP contribution in [-0.2, 0) is 9.59 Å². The van der Waals surface area contributed by atoms with E-state index in [1.165, 1.54) is 0 Å². The summed E-state index contributed by atoms with van der Waals surface area (Å²) >= 11 is 0. The Bertz CT molecular complexity index is 311. The number of carbonyl (C=O) groups is 2. The highest BCUT2D eigenvalue weighted by molar-refractivity contribution is 5.85. The van der Waals surface area contributed by atoms with Crippen LogP contribution in [0.2, 0.25) is 0 Å². The molecule has 1 aliphatic carbocycles. The molecule has 2 fully saturated rings. The summed E-state index contributed by atoms with van der Waals surface area (Å²) in [5, 5.41) is 15.1. The summed E-state index contributed by atoms with van der Waals surface area (Å²) in [4.78, 5) is 22.6. The maximum atomic E-state index is 11.8. The normalized spacial score (nSPS) is 30.4. The van der Waals surface area contributed by atoms with Crippen molar-refractivity contribution < 1.29 is 14.7 Å². The van der Waals surface area contributed by atoms with Gasteiger partial charge < -0.3 is 15.7 Å². The molecule has 3 N–H and O–H groups in total. The molecule has 110 valence electrons. The van der Waals surface area contributed by atoms with Gasteiger partial charge >= 0.3 is 5.97 Å². The Hall–Kier alpha value is -0.810. The summed E-state index contributed by atoms with van der Waals surface area (Å²) < 4.78 is 0. The van der Waals surface area contributed by atoms with Gasteiger partial charge in [-0.3, -0.25) is 9.59 Å². The molecule has 1 saturated carbocycles. The molecule has 1 heterocycles. The van der Waals surface area contributed by atoms with E-state index < -0.39 is 5.97 Å². The van der Waals surface area contributed by atoms with E-state index in [1.807, 2.05) is 0 Å². The minimum Gasteiger partial charge on any atom is -0.481 e. The van der Waals surface area contributed by atoms with Crippen molar-refractivity contribution in [3.8, 4) is 0 Å². The smallest absolute Gasteiger partial charge is 0.306 e. The number of carboxylic acid groups (broad SMARTS) is 1. The zero-order valence-corrected chi connectivity index (χ0v) is 11.9. The van der Waals surface area contributed by atoms with E-state index in [0.29, 0.717) is 12.5 Å². The molecule has 1 saturated heterocycles. The van der Waals surface area contributed by atoms with Gasteiger partial charge in [0.2, 0.25) is 5.91 Å². The molecule has 0 aromatic rings. The highest BCUT2D eigenvalue weighted by atomic mass is 35.5. The van der Waals surface area contributed by atoms with Crippen molar-refractivity contribution in [2.75, 3.05) is 13.1 Å². The van der Waals surface area contributed by atoms with Gasteiger partial charge in [0.05, 0.1) is 12.0 Å². The van der Waals surface area contributed by atoms with Crippen LogP contribution < -0.4 is 10.6 Å². The molecule has 6 heteroatoms. The molecule has 0 aromatic heterocycles. The van der Waals surface area contributed by atoms with Crippen LogP contribution in [0.25, 0.3) is 0 Å². The molecular formula is C13H23ClN2O3. The van der Waals surface area contributed by atoms with Gasteiger partial charge in [0.1, 0.15) is 0 Å². The highest BCUT2D eigenvalue weighted by Gasteiger charge is 2.27. The molecule has 0 aromatic carbocycles. The molecule has 0 unspecified atom stereocenters. The van der Waals surface area contributed by atoms with Crippen molar-refractivity contribution in [1.29, 1.82) is 0 Å². The van der Waals surface area contributed by atoms with Gasteiger partial charge in [0.15, 0.2) is 0 Å². The second-order valence-electron chi connectivity index (χ2n) is 5.45. The van der Waals surface area contributed by atoms with Gasteiger partial charge in [-0.1, -0.05) is 0 Å². The van der Waals surface area contributed by atoms with Crippen molar-refractivity contribution in [3.63, 3.8) is 0 Å². The van der Waals surface area contributed by atoms with E-state index in [-0.39, 0.29) is 30.3 Å². The third-order valence-corrected chi connectivity index (χ3v) is 4.14. The molecule has 2 rings (SSSR count). The van der Waals surface area contributed by atoms with Crippen molar-refractivity contribution in [1.82, 2.24) is 10.6 Å². The molecule has 1 aliphatic heterocycles. The van der Waals surface area contributed by atoms with Crippen molar-refractivity contribution in [2.45, 2.75) is 44.6 Å². The minimum atomic E-state index is -0.673. The molecule has 0 spiro atoms. The quantitative estimate of drug-likeness (QED) is 0.726. The van der Waals surface area contributed by atoms with Crippen molar-refractivity contribution in [3.05, 3.63) is 0 Å². The fraction of sp³-hybridized carbons (Fsp3) is 0.846. The molecule has 5 nitrogen and oxygen atoms in total. The molecule has 1 amide bonds. The molecule has 2 aliphatic rings. The SMILES string of the molecule is Cl.O=C(O)C1CCC(CNC(=O)[C@@H]2CCCN2)CC1. The van der Waals surface area contributed by atoms with E-state index in [9.17, 15) is 9.59 Å². The molecule has 19 heavy (non-hydrogen) atoms. The van der Waals surface area contributed by atoms with Crippen LogP contribution in [0.4, 0.5) is 0 Å². The van der Waals surface area contributed by atoms with Gasteiger partial charge in [0.25, 0.3) is 0 Å². The lowest BCUT2D eigenvalue weighted by Crippen LogP contribution is -2.42. The van der Waals surface area contributed by atoms with Crippen LogP contribution in [0.3, 0.4) is 0 Å². The van der Waals surface area contributed by atoms with Gasteiger partial charge in [-0.05, 0) is 51.0 Å². The fourth-order valence-corrected chi connectivity index (χ4v) is 2.89. The number of hydrogen-bond donors (Lipinski definition) is 3. The van der Waals surface area contributed by atoms with E-state index in [2.05, 4.69) is 10.6 Å². The number of amides is 1. The molecule has 1 atom stereocenters. The predicted molar refractivity (Wildman–Crippen MR) is 74.4 cm³/mol. The number of carbonyl (C=O) groups excluding carboxylic acids is 1. The van der Waals surface area contributed by atoms with E-state index in [1.54, 1.807) is 0 Å². The van der Waals surface area contributed by atoms with Crippen molar-refractivity contribution >= 4 is 24.3 Å². The number of aliphatic carboxylic acids is 1. The van der Waals surface area contributed by atoms with Crippen LogP contribution in [0, 0.1) is 11.8 Å². The largest absolute Gasteiger partial charge is 0.481 e. The number of rotatable bonds is 4. The number of hydrogen-bond acceptors (Lipinski definition) is 3. The van der Waals surface area contributed by atoms with Crippen LogP contribution in [0.1, 0.15) is 38.5 Å². The van der Waals surface area contributed by atoms with Crippen LogP contribution in [-0.4, -0.2) is 36.1 Å². The van der Waals surface area contributed by atoms with Gasteiger partial charge in [-0.25, -0.2) is 0 Å². The van der Waals surface area contributed by atoms with Crippen molar-refractivity contribution in [2.24, 2.45) is 11.8 Å². The summed E-state index contributed by atoms with van der Waals surface area (Å²) in [6, 6.07) is -0.0136. The Morgan fingerprint density at radius 1 is 1.16 bits per heavy atom. The first-order chi connectivity index (χ1) is 8.66. The van der Waals surface area contributed by atoms with Gasteiger partial charge in [-0.15, -0.1) is 12.4 Å². The first kappa shape index (κ1) is 16.2. The first-order valence-corrected chi connectivity index (χ1v) is 6.90. The lowest BCUT2D eigenvalue weighted by atomic mass is 9.82. The first-order valence-electron chi connectivity index (χ1n) is 6.90. The van der Waals surface area contributed by atoms with E-state index >= 15 is 0 Å². The minimum absolute atomic E-state index is 0. The Balaban J connectivity index is 0.00000180. The summed E-state index contributed by atoms with van der Waals surface area (Å²) in [7, 11) is 0. The Kier molecular flexibility index (Phi) is 6.58. The second kappa shape index (κ2) is 7.70. The Morgan fingerprint density at radius 2 is 1.84 bits per heavy atom. The number of halogens is 1. The third-order valence-electron chi connectivity index (χ3n) is 4.14. The molecular weight excluding hydrogens is 268 g/mol. The Labute approximate surface area is 119 Å². The number of nitrogens with one attached hydrogen (secondary N) is 2. The topological polar surface area (TPSA) is 78.4 Å². The van der Waals surface area contributed by atoms with Gasteiger partial charge in [-0.2, -0.15) is 0 Å². The average Bonchev–Trinajstić information content (AvgIpc) is 2.90. The zero-order valence-electron chi connectivity index (χ0n) is 11.1. The van der Waals surface area contributed by atoms with Crippen LogP contribution in [0.5, 0.6) is 0 Å². The zero-order chi connectivity index (χ0) is 13.0. The summed E-state index contributed by atoms with van der Waals surface area (Å²) in [5.41, 5.74) is 0. The highest BCUT2D eigenvalue weighted by Crippen LogP contribution is 2.28. The summed E-state index contributed by atoms with van der Waals surface area (Å²) in [6.07, 6.45) is 5.32. The number of carboxylic acids is 1.